The van der Waals surface area contributed by atoms with Crippen LogP contribution in [0, 0.1) is 5.82 Å². The molecule has 2 aromatic carbocycles. The number of nitrogens with zero attached hydrogens (tertiary/aromatic N) is 4. The summed E-state index contributed by atoms with van der Waals surface area (Å²) >= 11 is 3.45. The van der Waals surface area contributed by atoms with Crippen molar-refractivity contribution in [3.63, 3.8) is 0 Å². The van der Waals surface area contributed by atoms with Crippen LogP contribution in [0.4, 0.5) is 10.2 Å². The Morgan fingerprint density at radius 3 is 2.61 bits per heavy atom. The third kappa shape index (κ3) is 6.14. The van der Waals surface area contributed by atoms with Crippen molar-refractivity contribution in [1.82, 2.24) is 20.1 Å². The third-order valence-corrected chi connectivity index (χ3v) is 5.05. The van der Waals surface area contributed by atoms with Crippen molar-refractivity contribution in [2.24, 2.45) is 16.7 Å². The molecule has 0 amide bonds. The molecule has 0 radical (unpaired) electrons. The lowest BCUT2D eigenvalue weighted by molar-refractivity contribution is 0.630. The Kier molecular flexibility index (Phi) is 8.89. The molecule has 4 aromatic rings. The smallest absolute Gasteiger partial charge is 0.172 e. The monoisotopic (exact) mass is 550 g/mol. The summed E-state index contributed by atoms with van der Waals surface area (Å²) in [5.74, 6) is 5.79. The first kappa shape index (κ1) is 24.8. The Balaban J connectivity index is 0.000000968. The fourth-order valence-corrected chi connectivity index (χ4v) is 3.34. The van der Waals surface area contributed by atoms with Crippen LogP contribution in [-0.4, -0.2) is 26.7 Å². The van der Waals surface area contributed by atoms with Crippen LogP contribution in [0.15, 0.2) is 70.4 Å². The Hall–Kier alpha value is -2.86. The molecule has 0 spiro atoms. The summed E-state index contributed by atoms with van der Waals surface area (Å²) in [6.07, 6.45) is 3.46. The van der Waals surface area contributed by atoms with Gasteiger partial charge >= 0.3 is 0 Å². The summed E-state index contributed by atoms with van der Waals surface area (Å²) < 4.78 is 16.7. The summed E-state index contributed by atoms with van der Waals surface area (Å²) in [5, 5.41) is 11.4. The summed E-state index contributed by atoms with van der Waals surface area (Å²) in [6, 6.07) is 15.9. The minimum absolute atomic E-state index is 0.295. The fourth-order valence-electron chi connectivity index (χ4n) is 2.99. The number of nitrogens with one attached hydrogen (secondary N) is 2. The van der Waals surface area contributed by atoms with Gasteiger partial charge < -0.3 is 11.1 Å². The maximum absolute atomic E-state index is 14.3. The average molecular weight is 552 g/mol. The van der Waals surface area contributed by atoms with E-state index in [-0.39, 0.29) is 5.82 Å². The number of hydrogen-bond acceptors (Lipinski definition) is 7. The molecule has 0 aliphatic heterocycles. The molecular formula is C21H21BrClFN8S. The number of anilines is 1. The number of nitrogens with two attached hydrogens (primary N) is 2. The summed E-state index contributed by atoms with van der Waals surface area (Å²) in [6.45, 7) is 0.514. The number of amidine groups is 1. The molecule has 0 aliphatic carbocycles. The van der Waals surface area contributed by atoms with Gasteiger partial charge in [-0.3, -0.25) is 0 Å². The summed E-state index contributed by atoms with van der Waals surface area (Å²) in [7, 11) is 6.14. The van der Waals surface area contributed by atoms with Crippen LogP contribution >= 0.6 is 37.6 Å². The number of rotatable bonds is 6. The number of hydrogen-bond donors (Lipinski definition) is 4. The van der Waals surface area contributed by atoms with E-state index in [0.29, 0.717) is 35.1 Å². The van der Waals surface area contributed by atoms with Gasteiger partial charge in [0.25, 0.3) is 0 Å². The van der Waals surface area contributed by atoms with Gasteiger partial charge in [0.1, 0.15) is 11.6 Å². The molecule has 0 atom stereocenters. The van der Waals surface area contributed by atoms with E-state index in [9.17, 15) is 4.39 Å². The zero-order chi connectivity index (χ0) is 23.8. The first-order valence-electron chi connectivity index (χ1n) is 9.54. The van der Waals surface area contributed by atoms with E-state index in [2.05, 4.69) is 42.0 Å². The largest absolute Gasteiger partial charge is 0.382 e. The molecule has 172 valence electrons. The van der Waals surface area contributed by atoms with Gasteiger partial charge in [-0.15, -0.1) is 5.10 Å². The second-order valence-electron chi connectivity index (χ2n) is 6.57. The van der Waals surface area contributed by atoms with E-state index >= 15 is 0 Å². The zero-order valence-electron chi connectivity index (χ0n) is 17.5. The minimum Gasteiger partial charge on any atom is -0.382 e. The number of benzene rings is 2. The van der Waals surface area contributed by atoms with E-state index in [4.69, 9.17) is 22.3 Å². The number of fused-ring (bicyclic) bond motifs is 1. The highest BCUT2D eigenvalue weighted by atomic mass is 79.9. The summed E-state index contributed by atoms with van der Waals surface area (Å²) in [4.78, 5) is 4.56. The van der Waals surface area contributed by atoms with Crippen LogP contribution < -0.4 is 22.4 Å². The molecule has 12 heteroatoms. The molecule has 8 nitrogen and oxygen atoms in total. The van der Waals surface area contributed by atoms with Gasteiger partial charge in [-0.1, -0.05) is 47.4 Å². The normalized spacial score (nSPS) is 11.1. The first-order valence-corrected chi connectivity index (χ1v) is 12.4. The molecule has 0 unspecified atom stereocenters. The zero-order valence-corrected chi connectivity index (χ0v) is 20.6. The van der Waals surface area contributed by atoms with E-state index in [1.54, 1.807) is 35.0 Å². The first-order chi connectivity index (χ1) is 16.0. The fraction of sp³-hybridized carbons (Fsp3) is 0.0952. The SMILES string of the molecule is CSCl.NN/N=C(\N)c1ccc(CNc2cc(-c3ccccc3F)nc3c(Br)cnn23)cc1. The molecule has 0 saturated carbocycles. The highest BCUT2D eigenvalue weighted by Crippen LogP contribution is 2.27. The molecule has 0 fully saturated rings. The van der Waals surface area contributed by atoms with Crippen molar-refractivity contribution in [2.75, 3.05) is 11.6 Å². The van der Waals surface area contributed by atoms with Gasteiger partial charge in [0, 0.05) is 23.7 Å². The van der Waals surface area contributed by atoms with Crippen molar-refractivity contribution in [1.29, 1.82) is 0 Å². The van der Waals surface area contributed by atoms with Crippen molar-refractivity contribution >= 4 is 54.9 Å². The highest BCUT2D eigenvalue weighted by Gasteiger charge is 2.13. The van der Waals surface area contributed by atoms with Crippen molar-refractivity contribution in [3.8, 4) is 11.3 Å². The predicted molar refractivity (Wildman–Crippen MR) is 137 cm³/mol. The molecule has 0 saturated heterocycles. The van der Waals surface area contributed by atoms with Crippen LogP contribution in [0.2, 0.25) is 0 Å². The predicted octanol–water partition coefficient (Wildman–Crippen LogP) is 4.50. The number of hydrazone groups is 1. The van der Waals surface area contributed by atoms with Crippen molar-refractivity contribution < 1.29 is 4.39 Å². The van der Waals surface area contributed by atoms with Crippen LogP contribution in [0.5, 0.6) is 0 Å². The standard InChI is InChI=1S/C20H18BrFN8.CH3ClS/c21-15-11-26-30-18(9-17(27-20(15)30)14-3-1-2-4-16(14)22)25-10-12-5-7-13(8-6-12)19(23)28-29-24;1-3-2/h1-9,11,25,29H,10,24H2,(H2,23,28);1H3. The van der Waals surface area contributed by atoms with Gasteiger partial charge in [0.05, 0.1) is 16.4 Å². The van der Waals surface area contributed by atoms with Gasteiger partial charge in [0.15, 0.2) is 11.5 Å². The van der Waals surface area contributed by atoms with Gasteiger partial charge in [-0.25, -0.2) is 20.8 Å². The van der Waals surface area contributed by atoms with E-state index in [0.717, 1.165) is 15.6 Å². The third-order valence-electron chi connectivity index (χ3n) is 4.49. The van der Waals surface area contributed by atoms with Crippen LogP contribution in [0.25, 0.3) is 16.9 Å². The lowest BCUT2D eigenvalue weighted by Crippen LogP contribution is -2.22. The quantitative estimate of drug-likeness (QED) is 0.121. The summed E-state index contributed by atoms with van der Waals surface area (Å²) in [5.41, 5.74) is 11.3. The molecule has 4 rings (SSSR count). The van der Waals surface area contributed by atoms with Crippen LogP contribution in [0.3, 0.4) is 0 Å². The molecule has 2 aromatic heterocycles. The topological polar surface area (TPSA) is 119 Å². The van der Waals surface area contributed by atoms with E-state index in [1.165, 1.54) is 17.0 Å². The Labute approximate surface area is 207 Å². The minimum atomic E-state index is -0.335. The van der Waals surface area contributed by atoms with Crippen LogP contribution in [-0.2, 0) is 6.54 Å². The molecule has 2 heterocycles. The second-order valence-corrected chi connectivity index (χ2v) is 8.65. The van der Waals surface area contributed by atoms with E-state index < -0.39 is 0 Å². The van der Waals surface area contributed by atoms with Crippen LogP contribution in [0.1, 0.15) is 11.1 Å². The van der Waals surface area contributed by atoms with Gasteiger partial charge in [0.2, 0.25) is 0 Å². The van der Waals surface area contributed by atoms with E-state index in [1.807, 2.05) is 30.5 Å². The number of halogens is 3. The van der Waals surface area contributed by atoms with Gasteiger partial charge in [-0.2, -0.15) is 9.61 Å². The Morgan fingerprint density at radius 2 is 1.94 bits per heavy atom. The molecule has 0 bridgehead atoms. The van der Waals surface area contributed by atoms with Crippen molar-refractivity contribution in [3.05, 3.63) is 82.2 Å². The number of aromatic nitrogens is 3. The lowest BCUT2D eigenvalue weighted by atomic mass is 10.1. The maximum atomic E-state index is 14.3. The van der Waals surface area contributed by atoms with Gasteiger partial charge in [-0.05, 0) is 50.6 Å². The van der Waals surface area contributed by atoms with Crippen molar-refractivity contribution in [2.45, 2.75) is 6.54 Å². The highest BCUT2D eigenvalue weighted by molar-refractivity contribution is 9.10. The molecule has 6 N–H and O–H groups in total. The number of hydrazine groups is 1. The molecular weight excluding hydrogens is 531 g/mol. The second kappa shape index (κ2) is 11.8. The Morgan fingerprint density at radius 1 is 1.24 bits per heavy atom. The maximum Gasteiger partial charge on any atom is 0.172 e. The molecule has 0 aliphatic rings. The molecule has 33 heavy (non-hydrogen) atoms. The lowest BCUT2D eigenvalue weighted by Gasteiger charge is -2.12. The average Bonchev–Trinajstić information content (AvgIpc) is 3.19. The Bertz CT molecular complexity index is 1250.